The second kappa shape index (κ2) is 6.94. The minimum absolute atomic E-state index is 0.209. The summed E-state index contributed by atoms with van der Waals surface area (Å²) >= 11 is 0. The Hall–Kier alpha value is -1.82. The van der Waals surface area contributed by atoms with Crippen LogP contribution in [0.15, 0.2) is 12.3 Å². The number of rotatable bonds is 6. The summed E-state index contributed by atoms with van der Waals surface area (Å²) in [4.78, 5) is 18.0. The molecule has 0 bridgehead atoms. The molecule has 6 nitrogen and oxygen atoms in total. The van der Waals surface area contributed by atoms with Gasteiger partial charge >= 0.3 is 5.97 Å². The molecule has 0 fully saturated rings. The van der Waals surface area contributed by atoms with E-state index in [0.29, 0.717) is 23.7 Å². The fourth-order valence-corrected chi connectivity index (χ4v) is 1.78. The van der Waals surface area contributed by atoms with Gasteiger partial charge in [0.1, 0.15) is 5.82 Å². The first kappa shape index (κ1) is 15.2. The molecule has 1 rings (SSSR count). The molecule has 0 aromatic carbocycles. The summed E-state index contributed by atoms with van der Waals surface area (Å²) in [6, 6.07) is 1.83. The number of pyridine rings is 1. The molecule has 1 atom stereocenters. The molecule has 0 amide bonds. The first-order valence-corrected chi connectivity index (χ1v) is 6.28. The standard InChI is InChI=1S/C13H22N4O2/c1-5-19-13(18)10-6-12(15-7-11(10)14)16-9(2)8-17(3)4/h6-7,9H,5,8,14H2,1-4H3,(H,15,16). The van der Waals surface area contributed by atoms with E-state index in [4.69, 9.17) is 10.5 Å². The maximum Gasteiger partial charge on any atom is 0.340 e. The molecule has 19 heavy (non-hydrogen) atoms. The Morgan fingerprint density at radius 1 is 1.58 bits per heavy atom. The fourth-order valence-electron chi connectivity index (χ4n) is 1.78. The van der Waals surface area contributed by atoms with Gasteiger partial charge in [0.05, 0.1) is 24.1 Å². The van der Waals surface area contributed by atoms with Crippen LogP contribution in [0.2, 0.25) is 0 Å². The Balaban J connectivity index is 2.81. The van der Waals surface area contributed by atoms with Crippen molar-refractivity contribution in [2.45, 2.75) is 19.9 Å². The number of nitrogen functional groups attached to an aromatic ring is 1. The zero-order valence-electron chi connectivity index (χ0n) is 11.9. The molecule has 0 saturated heterocycles. The van der Waals surface area contributed by atoms with Gasteiger partial charge in [-0.25, -0.2) is 9.78 Å². The van der Waals surface area contributed by atoms with E-state index in [1.807, 2.05) is 21.0 Å². The number of hydrogen-bond acceptors (Lipinski definition) is 6. The van der Waals surface area contributed by atoms with Gasteiger partial charge in [-0.1, -0.05) is 0 Å². The number of likely N-dealkylation sites (N-methyl/N-ethyl adjacent to an activating group) is 1. The maximum atomic E-state index is 11.7. The first-order valence-electron chi connectivity index (χ1n) is 6.28. The first-order chi connectivity index (χ1) is 8.93. The number of carbonyl (C=O) groups is 1. The van der Waals surface area contributed by atoms with Crippen LogP contribution in [-0.2, 0) is 4.74 Å². The van der Waals surface area contributed by atoms with Crippen molar-refractivity contribution in [2.75, 3.05) is 38.3 Å². The van der Waals surface area contributed by atoms with E-state index in [1.165, 1.54) is 6.20 Å². The zero-order chi connectivity index (χ0) is 14.4. The summed E-state index contributed by atoms with van der Waals surface area (Å²) in [5.74, 6) is 0.192. The molecule has 3 N–H and O–H groups in total. The van der Waals surface area contributed by atoms with Crippen molar-refractivity contribution in [3.63, 3.8) is 0 Å². The second-order valence-corrected chi connectivity index (χ2v) is 4.68. The summed E-state index contributed by atoms with van der Waals surface area (Å²) in [6.07, 6.45) is 1.47. The van der Waals surface area contributed by atoms with Crippen molar-refractivity contribution >= 4 is 17.5 Å². The van der Waals surface area contributed by atoms with Crippen molar-refractivity contribution < 1.29 is 9.53 Å². The van der Waals surface area contributed by atoms with E-state index >= 15 is 0 Å². The largest absolute Gasteiger partial charge is 0.462 e. The van der Waals surface area contributed by atoms with Gasteiger partial charge in [-0.15, -0.1) is 0 Å². The summed E-state index contributed by atoms with van der Waals surface area (Å²) in [5.41, 5.74) is 6.40. The highest BCUT2D eigenvalue weighted by Crippen LogP contribution is 2.16. The second-order valence-electron chi connectivity index (χ2n) is 4.68. The van der Waals surface area contributed by atoms with Gasteiger partial charge in [0.25, 0.3) is 0 Å². The minimum atomic E-state index is -0.425. The lowest BCUT2D eigenvalue weighted by Crippen LogP contribution is -2.30. The van der Waals surface area contributed by atoms with Crippen molar-refractivity contribution in [2.24, 2.45) is 0 Å². The van der Waals surface area contributed by atoms with E-state index in [9.17, 15) is 4.79 Å². The van der Waals surface area contributed by atoms with E-state index < -0.39 is 5.97 Å². The van der Waals surface area contributed by atoms with Crippen molar-refractivity contribution in [3.05, 3.63) is 17.8 Å². The van der Waals surface area contributed by atoms with Crippen molar-refractivity contribution in [3.8, 4) is 0 Å². The number of anilines is 2. The molecule has 1 aromatic rings. The normalized spacial score (nSPS) is 12.3. The van der Waals surface area contributed by atoms with Crippen LogP contribution in [0.5, 0.6) is 0 Å². The summed E-state index contributed by atoms with van der Waals surface area (Å²) in [7, 11) is 4.00. The Bertz CT molecular complexity index is 435. The molecule has 0 aliphatic rings. The van der Waals surface area contributed by atoms with E-state index in [1.54, 1.807) is 13.0 Å². The van der Waals surface area contributed by atoms with Crippen LogP contribution in [0.25, 0.3) is 0 Å². The number of nitrogens with one attached hydrogen (secondary N) is 1. The Morgan fingerprint density at radius 2 is 2.26 bits per heavy atom. The number of nitrogens with zero attached hydrogens (tertiary/aromatic N) is 2. The molecule has 1 aromatic heterocycles. The van der Waals surface area contributed by atoms with Crippen LogP contribution in [-0.4, -0.2) is 49.1 Å². The third kappa shape index (κ3) is 4.75. The molecule has 0 spiro atoms. The van der Waals surface area contributed by atoms with Gasteiger partial charge in [-0.3, -0.25) is 0 Å². The van der Waals surface area contributed by atoms with Gasteiger partial charge in [0.2, 0.25) is 0 Å². The highest BCUT2D eigenvalue weighted by atomic mass is 16.5. The lowest BCUT2D eigenvalue weighted by atomic mass is 10.2. The molecule has 6 heteroatoms. The van der Waals surface area contributed by atoms with Gasteiger partial charge in [0.15, 0.2) is 0 Å². The van der Waals surface area contributed by atoms with Gasteiger partial charge in [-0.2, -0.15) is 0 Å². The van der Waals surface area contributed by atoms with E-state index in [2.05, 4.69) is 15.2 Å². The van der Waals surface area contributed by atoms with Crippen LogP contribution in [0.1, 0.15) is 24.2 Å². The highest BCUT2D eigenvalue weighted by Gasteiger charge is 2.13. The Morgan fingerprint density at radius 3 is 2.84 bits per heavy atom. The Kier molecular flexibility index (Phi) is 5.57. The van der Waals surface area contributed by atoms with Gasteiger partial charge in [-0.05, 0) is 34.0 Å². The number of aromatic nitrogens is 1. The third-order valence-corrected chi connectivity index (χ3v) is 2.46. The SMILES string of the molecule is CCOC(=O)c1cc(NC(C)CN(C)C)ncc1N. The number of carbonyl (C=O) groups excluding carboxylic acids is 1. The van der Waals surface area contributed by atoms with Crippen LogP contribution >= 0.6 is 0 Å². The molecule has 1 heterocycles. The summed E-state index contributed by atoms with van der Waals surface area (Å²) in [5, 5.41) is 3.22. The monoisotopic (exact) mass is 266 g/mol. The van der Waals surface area contributed by atoms with Crippen LogP contribution in [0.4, 0.5) is 11.5 Å². The van der Waals surface area contributed by atoms with E-state index in [-0.39, 0.29) is 6.04 Å². The van der Waals surface area contributed by atoms with Crippen molar-refractivity contribution in [1.82, 2.24) is 9.88 Å². The molecular weight excluding hydrogens is 244 g/mol. The van der Waals surface area contributed by atoms with Gasteiger partial charge < -0.3 is 20.7 Å². The number of hydrogen-bond donors (Lipinski definition) is 2. The zero-order valence-corrected chi connectivity index (χ0v) is 11.9. The molecule has 106 valence electrons. The molecular formula is C13H22N4O2. The van der Waals surface area contributed by atoms with Crippen molar-refractivity contribution in [1.29, 1.82) is 0 Å². The summed E-state index contributed by atoms with van der Waals surface area (Å²) < 4.78 is 4.95. The van der Waals surface area contributed by atoms with Crippen LogP contribution in [0, 0.1) is 0 Å². The molecule has 0 aliphatic carbocycles. The average molecular weight is 266 g/mol. The molecule has 0 aliphatic heterocycles. The lowest BCUT2D eigenvalue weighted by Gasteiger charge is -2.19. The fraction of sp³-hybridized carbons (Fsp3) is 0.538. The lowest BCUT2D eigenvalue weighted by molar-refractivity contribution is 0.0527. The predicted octanol–water partition coefficient (Wildman–Crippen LogP) is 1.20. The third-order valence-electron chi connectivity index (χ3n) is 2.46. The molecule has 1 unspecified atom stereocenters. The van der Waals surface area contributed by atoms with E-state index in [0.717, 1.165) is 6.54 Å². The number of nitrogens with two attached hydrogens (primary N) is 1. The topological polar surface area (TPSA) is 80.5 Å². The summed E-state index contributed by atoms with van der Waals surface area (Å²) in [6.45, 7) is 4.98. The quantitative estimate of drug-likeness (QED) is 0.753. The van der Waals surface area contributed by atoms with Crippen LogP contribution in [0.3, 0.4) is 0 Å². The maximum absolute atomic E-state index is 11.7. The Labute approximate surface area is 113 Å². The van der Waals surface area contributed by atoms with Gasteiger partial charge in [0, 0.05) is 12.6 Å². The smallest absolute Gasteiger partial charge is 0.340 e. The highest BCUT2D eigenvalue weighted by molar-refractivity contribution is 5.95. The van der Waals surface area contributed by atoms with Crippen LogP contribution < -0.4 is 11.1 Å². The molecule has 0 radical (unpaired) electrons. The predicted molar refractivity (Wildman–Crippen MR) is 76.2 cm³/mol. The minimum Gasteiger partial charge on any atom is -0.462 e. The average Bonchev–Trinajstić information content (AvgIpc) is 2.30. The number of ether oxygens (including phenoxy) is 1. The number of esters is 1. The molecule has 0 saturated carbocycles.